The maximum atomic E-state index is 12.0. The summed E-state index contributed by atoms with van der Waals surface area (Å²) in [5, 5.41) is 13.5. The van der Waals surface area contributed by atoms with Gasteiger partial charge in [0.05, 0.1) is 23.5 Å². The third kappa shape index (κ3) is 7.65. The summed E-state index contributed by atoms with van der Waals surface area (Å²) in [5.41, 5.74) is -0.429. The van der Waals surface area contributed by atoms with E-state index in [1.54, 1.807) is 40.7 Å². The van der Waals surface area contributed by atoms with Gasteiger partial charge < -0.3 is 14.8 Å². The topological polar surface area (TPSA) is 108 Å². The highest BCUT2D eigenvalue weighted by Crippen LogP contribution is 2.23. The lowest BCUT2D eigenvalue weighted by Gasteiger charge is -2.23. The standard InChI is InChI=1S/C17H24N2O6/c1-11(2)24-15(20)10-14(18-16(21)25-17(3,4)5)12-7-6-8-13(9-12)19(22)23/h6-9,11,14H,10H2,1-5H3,(H,18,21)/t14-/m0/s1. The quantitative estimate of drug-likeness (QED) is 0.477. The summed E-state index contributed by atoms with van der Waals surface area (Å²) in [4.78, 5) is 34.4. The average Bonchev–Trinajstić information content (AvgIpc) is 2.43. The van der Waals surface area contributed by atoms with Crippen molar-refractivity contribution >= 4 is 17.7 Å². The lowest BCUT2D eigenvalue weighted by Crippen LogP contribution is -2.36. The molecule has 1 aromatic carbocycles. The van der Waals surface area contributed by atoms with Crippen molar-refractivity contribution in [2.75, 3.05) is 0 Å². The van der Waals surface area contributed by atoms with Crippen LogP contribution in [-0.4, -0.2) is 28.7 Å². The molecule has 138 valence electrons. The molecule has 0 aliphatic rings. The number of rotatable bonds is 6. The Hall–Kier alpha value is -2.64. The van der Waals surface area contributed by atoms with E-state index in [0.29, 0.717) is 5.56 Å². The maximum Gasteiger partial charge on any atom is 0.408 e. The van der Waals surface area contributed by atoms with Crippen molar-refractivity contribution in [2.24, 2.45) is 0 Å². The molecule has 0 saturated heterocycles. The number of nitro groups is 1. The van der Waals surface area contributed by atoms with Crippen LogP contribution in [0, 0.1) is 10.1 Å². The molecule has 0 heterocycles. The van der Waals surface area contributed by atoms with Crippen LogP contribution in [0.4, 0.5) is 10.5 Å². The Morgan fingerprint density at radius 2 is 1.92 bits per heavy atom. The molecule has 25 heavy (non-hydrogen) atoms. The van der Waals surface area contributed by atoms with Crippen molar-refractivity contribution in [3.05, 3.63) is 39.9 Å². The van der Waals surface area contributed by atoms with Gasteiger partial charge in [-0.3, -0.25) is 14.9 Å². The van der Waals surface area contributed by atoms with Crippen LogP contribution in [0.5, 0.6) is 0 Å². The van der Waals surface area contributed by atoms with Gasteiger partial charge in [-0.25, -0.2) is 4.79 Å². The molecule has 0 unspecified atom stereocenters. The molecule has 8 heteroatoms. The minimum absolute atomic E-state index is 0.134. The van der Waals surface area contributed by atoms with Crippen LogP contribution in [0.25, 0.3) is 0 Å². The van der Waals surface area contributed by atoms with E-state index in [1.807, 2.05) is 0 Å². The van der Waals surface area contributed by atoms with Gasteiger partial charge in [0.15, 0.2) is 0 Å². The van der Waals surface area contributed by atoms with Gasteiger partial charge in [-0.05, 0) is 40.2 Å². The lowest BCUT2D eigenvalue weighted by molar-refractivity contribution is -0.384. The third-order valence-electron chi connectivity index (χ3n) is 2.91. The van der Waals surface area contributed by atoms with E-state index in [1.165, 1.54) is 18.2 Å². The molecule has 0 aliphatic heterocycles. The Labute approximate surface area is 146 Å². The molecule has 0 bridgehead atoms. The Morgan fingerprint density at radius 1 is 1.28 bits per heavy atom. The van der Waals surface area contributed by atoms with Gasteiger partial charge in [0.2, 0.25) is 0 Å². The highest BCUT2D eigenvalue weighted by atomic mass is 16.6. The number of carbonyl (C=O) groups is 2. The first kappa shape index (κ1) is 20.4. The molecule has 1 aromatic rings. The minimum Gasteiger partial charge on any atom is -0.463 e. The zero-order valence-electron chi connectivity index (χ0n) is 15.1. The number of esters is 1. The first-order valence-electron chi connectivity index (χ1n) is 7.91. The molecule has 0 fully saturated rings. The molecule has 1 amide bonds. The van der Waals surface area contributed by atoms with Gasteiger partial charge in [-0.2, -0.15) is 0 Å². The Bertz CT molecular complexity index is 636. The second kappa shape index (κ2) is 8.46. The number of amides is 1. The zero-order valence-corrected chi connectivity index (χ0v) is 15.1. The van der Waals surface area contributed by atoms with E-state index in [2.05, 4.69) is 5.32 Å². The molecule has 1 rings (SSSR count). The van der Waals surface area contributed by atoms with Gasteiger partial charge in [0.25, 0.3) is 5.69 Å². The normalized spacial score (nSPS) is 12.4. The van der Waals surface area contributed by atoms with Crippen LogP contribution < -0.4 is 5.32 Å². The summed E-state index contributed by atoms with van der Waals surface area (Å²) in [5.74, 6) is -0.525. The SMILES string of the molecule is CC(C)OC(=O)C[C@H](NC(=O)OC(C)(C)C)c1cccc([N+](=O)[O-])c1. The number of non-ortho nitro benzene ring substituents is 1. The molecular formula is C17H24N2O6. The summed E-state index contributed by atoms with van der Waals surface area (Å²) in [6.45, 7) is 8.55. The van der Waals surface area contributed by atoms with E-state index >= 15 is 0 Å². The fraction of sp³-hybridized carbons (Fsp3) is 0.529. The second-order valence-corrected chi connectivity index (χ2v) is 6.79. The van der Waals surface area contributed by atoms with Crippen LogP contribution in [0.3, 0.4) is 0 Å². The van der Waals surface area contributed by atoms with E-state index in [0.717, 1.165) is 0 Å². The van der Waals surface area contributed by atoms with Crippen LogP contribution in [0.1, 0.15) is 52.6 Å². The maximum absolute atomic E-state index is 12.0. The fourth-order valence-corrected chi connectivity index (χ4v) is 2.03. The van der Waals surface area contributed by atoms with Gasteiger partial charge >= 0.3 is 12.1 Å². The summed E-state index contributed by atoms with van der Waals surface area (Å²) in [6, 6.07) is 4.93. The fourth-order valence-electron chi connectivity index (χ4n) is 2.03. The molecule has 0 spiro atoms. The van der Waals surface area contributed by atoms with E-state index in [-0.39, 0.29) is 18.2 Å². The number of nitrogens with one attached hydrogen (secondary N) is 1. The van der Waals surface area contributed by atoms with Crippen molar-refractivity contribution < 1.29 is 24.0 Å². The number of carbonyl (C=O) groups excluding carboxylic acids is 2. The number of nitro benzene ring substituents is 1. The van der Waals surface area contributed by atoms with E-state index in [4.69, 9.17) is 9.47 Å². The van der Waals surface area contributed by atoms with Crippen molar-refractivity contribution in [3.63, 3.8) is 0 Å². The first-order chi connectivity index (χ1) is 11.5. The minimum atomic E-state index is -0.805. The van der Waals surface area contributed by atoms with E-state index < -0.39 is 28.6 Å². The smallest absolute Gasteiger partial charge is 0.408 e. The number of ether oxygens (including phenoxy) is 2. The van der Waals surface area contributed by atoms with Crippen molar-refractivity contribution in [3.8, 4) is 0 Å². The van der Waals surface area contributed by atoms with Crippen LogP contribution >= 0.6 is 0 Å². The molecular weight excluding hydrogens is 328 g/mol. The number of benzene rings is 1. The summed E-state index contributed by atoms with van der Waals surface area (Å²) in [7, 11) is 0. The first-order valence-corrected chi connectivity index (χ1v) is 7.91. The van der Waals surface area contributed by atoms with E-state index in [9.17, 15) is 19.7 Å². The second-order valence-electron chi connectivity index (χ2n) is 6.79. The van der Waals surface area contributed by atoms with Gasteiger partial charge in [-0.15, -0.1) is 0 Å². The largest absolute Gasteiger partial charge is 0.463 e. The molecule has 8 nitrogen and oxygen atoms in total. The summed E-state index contributed by atoms with van der Waals surface area (Å²) >= 11 is 0. The van der Waals surface area contributed by atoms with Crippen LogP contribution in [0.2, 0.25) is 0 Å². The van der Waals surface area contributed by atoms with Gasteiger partial charge in [0.1, 0.15) is 5.60 Å². The van der Waals surface area contributed by atoms with Crippen LogP contribution in [0.15, 0.2) is 24.3 Å². The Kier molecular flexibility index (Phi) is 6.90. The third-order valence-corrected chi connectivity index (χ3v) is 2.91. The van der Waals surface area contributed by atoms with Crippen LogP contribution in [-0.2, 0) is 14.3 Å². The Balaban J connectivity index is 3.02. The molecule has 1 N–H and O–H groups in total. The average molecular weight is 352 g/mol. The molecule has 1 atom stereocenters. The van der Waals surface area contributed by atoms with Crippen molar-refractivity contribution in [1.82, 2.24) is 5.32 Å². The lowest BCUT2D eigenvalue weighted by atomic mass is 10.0. The highest BCUT2D eigenvalue weighted by molar-refractivity contribution is 5.73. The molecule has 0 aromatic heterocycles. The summed E-state index contributed by atoms with van der Waals surface area (Å²) in [6.07, 6.45) is -1.19. The predicted octanol–water partition coefficient (Wildman–Crippen LogP) is 3.50. The number of nitrogens with zero attached hydrogens (tertiary/aromatic N) is 1. The van der Waals surface area contributed by atoms with Gasteiger partial charge in [0, 0.05) is 12.1 Å². The summed E-state index contributed by atoms with van der Waals surface area (Å²) < 4.78 is 10.3. The van der Waals surface area contributed by atoms with Crippen molar-refractivity contribution in [1.29, 1.82) is 0 Å². The van der Waals surface area contributed by atoms with Crippen molar-refractivity contribution in [2.45, 2.75) is 58.8 Å². The number of alkyl carbamates (subject to hydrolysis) is 1. The predicted molar refractivity (Wildman–Crippen MR) is 91.1 cm³/mol. The molecule has 0 aliphatic carbocycles. The Morgan fingerprint density at radius 3 is 2.44 bits per heavy atom. The molecule has 0 saturated carbocycles. The molecule has 0 radical (unpaired) electrons. The zero-order chi connectivity index (χ0) is 19.2. The monoisotopic (exact) mass is 352 g/mol. The number of hydrogen-bond donors (Lipinski definition) is 1. The highest BCUT2D eigenvalue weighted by Gasteiger charge is 2.24. The number of hydrogen-bond acceptors (Lipinski definition) is 6. The van der Waals surface area contributed by atoms with Gasteiger partial charge in [-0.1, -0.05) is 12.1 Å².